The van der Waals surface area contributed by atoms with Crippen LogP contribution in [-0.4, -0.2) is 29.8 Å². The standard InChI is InChI=1S/C21H21FN2O2/c1-14(25)23-19-12-16(22)6-7-17(19)20(26)24-11-10-21(13-24)9-8-15-4-2-3-5-18(15)21/h2-7,12H,8-11,13H2,1H3,(H,23,25). The normalized spacial score (nSPS) is 21.1. The van der Waals surface area contributed by atoms with Gasteiger partial charge in [0.25, 0.3) is 5.91 Å². The molecular weight excluding hydrogens is 331 g/mol. The van der Waals surface area contributed by atoms with E-state index in [0.717, 1.165) is 19.3 Å². The molecule has 0 saturated carbocycles. The largest absolute Gasteiger partial charge is 0.338 e. The number of nitrogens with one attached hydrogen (secondary N) is 1. The Labute approximate surface area is 152 Å². The molecule has 2 aromatic rings. The zero-order chi connectivity index (χ0) is 18.3. The number of halogens is 1. The zero-order valence-corrected chi connectivity index (χ0v) is 14.7. The number of amides is 2. The summed E-state index contributed by atoms with van der Waals surface area (Å²) in [6, 6.07) is 12.4. The molecule has 26 heavy (non-hydrogen) atoms. The quantitative estimate of drug-likeness (QED) is 0.899. The van der Waals surface area contributed by atoms with Gasteiger partial charge in [-0.05, 0) is 48.6 Å². The van der Waals surface area contributed by atoms with Crippen LogP contribution < -0.4 is 5.32 Å². The van der Waals surface area contributed by atoms with E-state index in [0.29, 0.717) is 18.7 Å². The number of anilines is 1. The van der Waals surface area contributed by atoms with Crippen LogP contribution in [0.2, 0.25) is 0 Å². The Kier molecular flexibility index (Phi) is 4.02. The highest BCUT2D eigenvalue weighted by atomic mass is 19.1. The highest BCUT2D eigenvalue weighted by Gasteiger charge is 2.45. The van der Waals surface area contributed by atoms with Gasteiger partial charge >= 0.3 is 0 Å². The van der Waals surface area contributed by atoms with Gasteiger partial charge in [0.15, 0.2) is 0 Å². The van der Waals surface area contributed by atoms with Crippen molar-refractivity contribution in [1.82, 2.24) is 4.90 Å². The Morgan fingerprint density at radius 1 is 1.15 bits per heavy atom. The van der Waals surface area contributed by atoms with Crippen molar-refractivity contribution in [1.29, 1.82) is 0 Å². The monoisotopic (exact) mass is 352 g/mol. The molecule has 2 aliphatic rings. The summed E-state index contributed by atoms with van der Waals surface area (Å²) >= 11 is 0. The van der Waals surface area contributed by atoms with Gasteiger partial charge in [-0.1, -0.05) is 24.3 Å². The molecule has 0 bridgehead atoms. The molecular formula is C21H21FN2O2. The van der Waals surface area contributed by atoms with E-state index in [2.05, 4.69) is 29.6 Å². The van der Waals surface area contributed by atoms with E-state index in [1.807, 2.05) is 4.90 Å². The summed E-state index contributed by atoms with van der Waals surface area (Å²) in [5, 5.41) is 2.57. The lowest BCUT2D eigenvalue weighted by Gasteiger charge is -2.26. The lowest BCUT2D eigenvalue weighted by atomic mass is 9.81. The second-order valence-electron chi connectivity index (χ2n) is 7.29. The molecule has 1 heterocycles. The molecule has 0 aromatic heterocycles. The van der Waals surface area contributed by atoms with Crippen molar-refractivity contribution in [3.63, 3.8) is 0 Å². The third-order valence-electron chi connectivity index (χ3n) is 5.63. The van der Waals surface area contributed by atoms with Crippen molar-refractivity contribution in [3.05, 3.63) is 65.0 Å². The third-order valence-corrected chi connectivity index (χ3v) is 5.63. The second-order valence-corrected chi connectivity index (χ2v) is 7.29. The molecule has 4 nitrogen and oxygen atoms in total. The first-order valence-electron chi connectivity index (χ1n) is 8.93. The van der Waals surface area contributed by atoms with Gasteiger partial charge in [-0.25, -0.2) is 4.39 Å². The Hall–Kier alpha value is -2.69. The zero-order valence-electron chi connectivity index (χ0n) is 14.7. The molecule has 1 atom stereocenters. The Bertz CT molecular complexity index is 895. The molecule has 4 rings (SSSR count). The van der Waals surface area contributed by atoms with Gasteiger partial charge in [-0.15, -0.1) is 0 Å². The number of rotatable bonds is 2. The molecule has 1 aliphatic heterocycles. The molecule has 1 saturated heterocycles. The average Bonchev–Trinajstić information content (AvgIpc) is 3.20. The van der Waals surface area contributed by atoms with Crippen LogP contribution >= 0.6 is 0 Å². The first kappa shape index (κ1) is 16.8. The van der Waals surface area contributed by atoms with Crippen LogP contribution in [0.1, 0.15) is 41.3 Å². The van der Waals surface area contributed by atoms with Gasteiger partial charge in [0.1, 0.15) is 5.82 Å². The minimum absolute atomic E-state index is 0.0282. The minimum atomic E-state index is -0.479. The first-order valence-corrected chi connectivity index (χ1v) is 8.93. The van der Waals surface area contributed by atoms with Crippen LogP contribution in [0, 0.1) is 5.82 Å². The van der Waals surface area contributed by atoms with E-state index in [1.54, 1.807) is 0 Å². The van der Waals surface area contributed by atoms with Gasteiger partial charge in [0.2, 0.25) is 5.91 Å². The number of aryl methyl sites for hydroxylation is 1. The fraction of sp³-hybridized carbons (Fsp3) is 0.333. The van der Waals surface area contributed by atoms with Crippen LogP contribution in [0.25, 0.3) is 0 Å². The minimum Gasteiger partial charge on any atom is -0.338 e. The maximum absolute atomic E-state index is 13.6. The summed E-state index contributed by atoms with van der Waals surface area (Å²) < 4.78 is 13.6. The summed E-state index contributed by atoms with van der Waals surface area (Å²) in [5.41, 5.74) is 3.33. The summed E-state index contributed by atoms with van der Waals surface area (Å²) in [7, 11) is 0. The highest BCUT2D eigenvalue weighted by Crippen LogP contribution is 2.45. The van der Waals surface area contributed by atoms with E-state index < -0.39 is 5.82 Å². The smallest absolute Gasteiger partial charge is 0.255 e. The van der Waals surface area contributed by atoms with Gasteiger partial charge < -0.3 is 10.2 Å². The first-order chi connectivity index (χ1) is 12.5. The van der Waals surface area contributed by atoms with Gasteiger partial charge in [-0.3, -0.25) is 9.59 Å². The van der Waals surface area contributed by atoms with Gasteiger partial charge in [0, 0.05) is 25.4 Å². The number of hydrogen-bond donors (Lipinski definition) is 1. The maximum Gasteiger partial charge on any atom is 0.255 e. The van der Waals surface area contributed by atoms with E-state index in [1.165, 1.54) is 36.2 Å². The van der Waals surface area contributed by atoms with E-state index in [9.17, 15) is 14.0 Å². The molecule has 1 spiro atoms. The fourth-order valence-electron chi connectivity index (χ4n) is 4.40. The molecule has 1 N–H and O–H groups in total. The van der Waals surface area contributed by atoms with Gasteiger partial charge in [0.05, 0.1) is 11.3 Å². The Morgan fingerprint density at radius 2 is 1.96 bits per heavy atom. The molecule has 134 valence electrons. The van der Waals surface area contributed by atoms with E-state index in [-0.39, 0.29) is 22.9 Å². The van der Waals surface area contributed by atoms with E-state index >= 15 is 0 Å². The highest BCUT2D eigenvalue weighted by molar-refractivity contribution is 6.03. The van der Waals surface area contributed by atoms with E-state index in [4.69, 9.17) is 0 Å². The molecule has 5 heteroatoms. The molecule has 0 radical (unpaired) electrons. The Balaban J connectivity index is 1.61. The molecule has 1 fully saturated rings. The summed E-state index contributed by atoms with van der Waals surface area (Å²) in [5.74, 6) is -0.963. The van der Waals surface area contributed by atoms with Crippen LogP contribution in [-0.2, 0) is 16.6 Å². The predicted octanol–water partition coefficient (Wildman–Crippen LogP) is 3.51. The number of hydrogen-bond acceptors (Lipinski definition) is 2. The average molecular weight is 352 g/mol. The number of carbonyl (C=O) groups excluding carboxylic acids is 2. The van der Waals surface area contributed by atoms with Crippen LogP contribution in [0.15, 0.2) is 42.5 Å². The lowest BCUT2D eigenvalue weighted by Crippen LogP contribution is -2.33. The van der Waals surface area contributed by atoms with Crippen molar-refractivity contribution in [2.75, 3.05) is 18.4 Å². The summed E-state index contributed by atoms with van der Waals surface area (Å²) in [6.07, 6.45) is 3.04. The summed E-state index contributed by atoms with van der Waals surface area (Å²) in [6.45, 7) is 2.68. The maximum atomic E-state index is 13.6. The SMILES string of the molecule is CC(=O)Nc1cc(F)ccc1C(=O)N1CCC2(CCc3ccccc32)C1. The van der Waals surface area contributed by atoms with Crippen molar-refractivity contribution < 1.29 is 14.0 Å². The number of likely N-dealkylation sites (tertiary alicyclic amines) is 1. The van der Waals surface area contributed by atoms with Crippen LogP contribution in [0.5, 0.6) is 0 Å². The van der Waals surface area contributed by atoms with Crippen LogP contribution in [0.3, 0.4) is 0 Å². The topological polar surface area (TPSA) is 49.4 Å². The third kappa shape index (κ3) is 2.77. The van der Waals surface area contributed by atoms with Crippen molar-refractivity contribution in [2.45, 2.75) is 31.6 Å². The lowest BCUT2D eigenvalue weighted by molar-refractivity contribution is -0.114. The molecule has 2 amide bonds. The molecule has 2 aromatic carbocycles. The number of fused-ring (bicyclic) bond motifs is 2. The van der Waals surface area contributed by atoms with Crippen molar-refractivity contribution in [2.24, 2.45) is 0 Å². The van der Waals surface area contributed by atoms with Crippen LogP contribution in [0.4, 0.5) is 10.1 Å². The van der Waals surface area contributed by atoms with Gasteiger partial charge in [-0.2, -0.15) is 0 Å². The van der Waals surface area contributed by atoms with Crippen molar-refractivity contribution in [3.8, 4) is 0 Å². The van der Waals surface area contributed by atoms with Crippen molar-refractivity contribution >= 4 is 17.5 Å². The number of carbonyl (C=O) groups is 2. The number of benzene rings is 2. The number of nitrogens with zero attached hydrogens (tertiary/aromatic N) is 1. The Morgan fingerprint density at radius 3 is 2.77 bits per heavy atom. The fourth-order valence-corrected chi connectivity index (χ4v) is 4.40. The molecule has 1 unspecified atom stereocenters. The second kappa shape index (κ2) is 6.24. The molecule has 1 aliphatic carbocycles. The summed E-state index contributed by atoms with van der Waals surface area (Å²) in [4.78, 5) is 26.3. The predicted molar refractivity (Wildman–Crippen MR) is 97.7 cm³/mol.